The molecule has 0 unspecified atom stereocenters. The number of nitrogens with one attached hydrogen (secondary N) is 1. The van der Waals surface area contributed by atoms with Crippen LogP contribution in [0.25, 0.3) is 6.08 Å². The van der Waals surface area contributed by atoms with Crippen molar-refractivity contribution in [1.82, 2.24) is 9.88 Å². The minimum Gasteiger partial charge on any atom is -0.487 e. The fourth-order valence-corrected chi connectivity index (χ4v) is 4.39. The number of rotatable bonds is 7. The molecule has 6 nitrogen and oxygen atoms in total. The van der Waals surface area contributed by atoms with Gasteiger partial charge in [-0.05, 0) is 55.9 Å². The minimum atomic E-state index is -0.211. The van der Waals surface area contributed by atoms with E-state index in [0.717, 1.165) is 59.6 Å². The molecule has 0 saturated carbocycles. The molecule has 1 aliphatic rings. The van der Waals surface area contributed by atoms with Crippen molar-refractivity contribution in [3.8, 4) is 5.75 Å². The van der Waals surface area contributed by atoms with Gasteiger partial charge >= 0.3 is 0 Å². The Bertz CT molecular complexity index is 1140. The Morgan fingerprint density at radius 3 is 2.79 bits per heavy atom. The molecule has 0 aliphatic carbocycles. The number of benzene rings is 2. The van der Waals surface area contributed by atoms with E-state index in [-0.39, 0.29) is 5.91 Å². The summed E-state index contributed by atoms with van der Waals surface area (Å²) in [7, 11) is 2.12. The van der Waals surface area contributed by atoms with Crippen molar-refractivity contribution >= 4 is 46.3 Å². The van der Waals surface area contributed by atoms with Crippen LogP contribution in [0.5, 0.6) is 5.75 Å². The first-order chi connectivity index (χ1) is 16.0. The van der Waals surface area contributed by atoms with E-state index >= 15 is 0 Å². The zero-order valence-corrected chi connectivity index (χ0v) is 20.3. The van der Waals surface area contributed by atoms with Crippen LogP contribution in [0, 0.1) is 6.92 Å². The molecule has 1 aromatic heterocycles. The Balaban J connectivity index is 1.40. The van der Waals surface area contributed by atoms with Crippen LogP contribution in [0.3, 0.4) is 0 Å². The van der Waals surface area contributed by atoms with Crippen LogP contribution in [-0.4, -0.2) is 49.0 Å². The second-order valence-electron chi connectivity index (χ2n) is 7.99. The number of ether oxygens (including phenoxy) is 1. The summed E-state index contributed by atoms with van der Waals surface area (Å²) in [6, 6.07) is 13.3. The fraction of sp³-hybridized carbons (Fsp3) is 0.280. The quantitative estimate of drug-likeness (QED) is 0.475. The monoisotopic (exact) mass is 482 g/mol. The van der Waals surface area contributed by atoms with E-state index in [1.54, 1.807) is 23.5 Å². The molecule has 3 aromatic rings. The lowest BCUT2D eigenvalue weighted by molar-refractivity contribution is -0.111. The normalized spacial score (nSPS) is 14.6. The van der Waals surface area contributed by atoms with Gasteiger partial charge in [-0.3, -0.25) is 4.79 Å². The maximum Gasteiger partial charge on any atom is 0.248 e. The maximum absolute atomic E-state index is 12.7. The molecule has 8 heteroatoms. The lowest BCUT2D eigenvalue weighted by Gasteiger charge is -2.35. The van der Waals surface area contributed by atoms with Gasteiger partial charge in [-0.1, -0.05) is 23.7 Å². The Morgan fingerprint density at radius 1 is 1.21 bits per heavy atom. The number of likely N-dealkylation sites (N-methyl/N-ethyl adjacent to an activating group) is 1. The molecule has 2 heterocycles. The average Bonchev–Trinajstić information content (AvgIpc) is 3.23. The molecular formula is C25H27ClN4O2S. The second-order valence-corrected chi connectivity index (χ2v) is 9.49. The molecule has 0 bridgehead atoms. The number of amides is 1. The van der Waals surface area contributed by atoms with Gasteiger partial charge in [0, 0.05) is 42.7 Å². The third-order valence-electron chi connectivity index (χ3n) is 5.40. The minimum absolute atomic E-state index is 0.211. The van der Waals surface area contributed by atoms with Crippen molar-refractivity contribution in [3.63, 3.8) is 0 Å². The van der Waals surface area contributed by atoms with E-state index in [2.05, 4.69) is 27.1 Å². The molecule has 172 valence electrons. The van der Waals surface area contributed by atoms with Gasteiger partial charge < -0.3 is 19.9 Å². The number of carbonyl (C=O) groups is 1. The van der Waals surface area contributed by atoms with Gasteiger partial charge in [-0.25, -0.2) is 4.98 Å². The van der Waals surface area contributed by atoms with E-state index in [4.69, 9.17) is 16.3 Å². The number of thiazole rings is 1. The molecule has 1 aliphatic heterocycles. The smallest absolute Gasteiger partial charge is 0.248 e. The zero-order chi connectivity index (χ0) is 23.2. The van der Waals surface area contributed by atoms with E-state index in [1.807, 2.05) is 48.7 Å². The number of aromatic nitrogens is 1. The van der Waals surface area contributed by atoms with Crippen molar-refractivity contribution in [2.24, 2.45) is 0 Å². The first-order valence-corrected chi connectivity index (χ1v) is 12.1. The van der Waals surface area contributed by atoms with Crippen LogP contribution in [0.1, 0.15) is 16.3 Å². The van der Waals surface area contributed by atoms with Crippen LogP contribution in [-0.2, 0) is 11.4 Å². The predicted octanol–water partition coefficient (Wildman–Crippen LogP) is 5.09. The maximum atomic E-state index is 12.7. The SMILES string of the molecule is Cc1nc(COc2cccc(/C=C/C(=O)Nc3cc(Cl)ccc3N3CCN(C)CC3)c2)cs1. The molecular weight excluding hydrogens is 456 g/mol. The van der Waals surface area contributed by atoms with Gasteiger partial charge in [0.2, 0.25) is 5.91 Å². The summed E-state index contributed by atoms with van der Waals surface area (Å²) in [4.78, 5) is 21.7. The number of nitrogens with zero attached hydrogens (tertiary/aromatic N) is 3. The van der Waals surface area contributed by atoms with Gasteiger partial charge in [0.15, 0.2) is 0 Å². The first kappa shape index (κ1) is 23.3. The van der Waals surface area contributed by atoms with Crippen LogP contribution < -0.4 is 15.0 Å². The lowest BCUT2D eigenvalue weighted by atomic mass is 10.2. The molecule has 4 rings (SSSR count). The zero-order valence-electron chi connectivity index (χ0n) is 18.8. The fourth-order valence-electron chi connectivity index (χ4n) is 3.62. The largest absolute Gasteiger partial charge is 0.487 e. The average molecular weight is 483 g/mol. The Labute approximate surface area is 203 Å². The summed E-state index contributed by atoms with van der Waals surface area (Å²) < 4.78 is 5.84. The number of halogens is 1. The second kappa shape index (κ2) is 10.8. The highest BCUT2D eigenvalue weighted by Crippen LogP contribution is 2.30. The van der Waals surface area contributed by atoms with Crippen molar-refractivity contribution in [2.75, 3.05) is 43.4 Å². The van der Waals surface area contributed by atoms with Gasteiger partial charge in [-0.2, -0.15) is 0 Å². The van der Waals surface area contributed by atoms with Crippen LogP contribution in [0.2, 0.25) is 5.02 Å². The number of carbonyl (C=O) groups excluding carboxylic acids is 1. The number of piperazine rings is 1. The Hall–Kier alpha value is -2.87. The molecule has 0 radical (unpaired) electrons. The molecule has 1 fully saturated rings. The van der Waals surface area contributed by atoms with Crippen LogP contribution in [0.15, 0.2) is 53.9 Å². The van der Waals surface area contributed by atoms with Crippen LogP contribution in [0.4, 0.5) is 11.4 Å². The van der Waals surface area contributed by atoms with Gasteiger partial charge in [0.1, 0.15) is 12.4 Å². The van der Waals surface area contributed by atoms with Crippen molar-refractivity contribution in [3.05, 3.63) is 75.2 Å². The topological polar surface area (TPSA) is 57.7 Å². The standard InChI is InChI=1S/C25H27ClN4O2S/c1-18-27-21(17-33-18)16-32-22-5-3-4-19(14-22)6-9-25(31)28-23-15-20(26)7-8-24(23)30-12-10-29(2)11-13-30/h3-9,14-15,17H,10-13,16H2,1-2H3,(H,28,31)/b9-6+. The highest BCUT2D eigenvalue weighted by Gasteiger charge is 2.18. The van der Waals surface area contributed by atoms with E-state index in [1.165, 1.54) is 6.08 Å². The summed E-state index contributed by atoms with van der Waals surface area (Å²) in [5.74, 6) is 0.521. The first-order valence-electron chi connectivity index (χ1n) is 10.8. The highest BCUT2D eigenvalue weighted by molar-refractivity contribution is 7.09. The van der Waals surface area contributed by atoms with E-state index in [9.17, 15) is 4.79 Å². The molecule has 1 N–H and O–H groups in total. The van der Waals surface area contributed by atoms with Crippen molar-refractivity contribution < 1.29 is 9.53 Å². The van der Waals surface area contributed by atoms with Crippen LogP contribution >= 0.6 is 22.9 Å². The molecule has 1 amide bonds. The molecule has 2 aromatic carbocycles. The van der Waals surface area contributed by atoms with Crippen molar-refractivity contribution in [2.45, 2.75) is 13.5 Å². The summed E-state index contributed by atoms with van der Waals surface area (Å²) >= 11 is 7.82. The Morgan fingerprint density at radius 2 is 2.03 bits per heavy atom. The lowest BCUT2D eigenvalue weighted by Crippen LogP contribution is -2.44. The van der Waals surface area contributed by atoms with E-state index < -0.39 is 0 Å². The summed E-state index contributed by atoms with van der Waals surface area (Å²) in [6.45, 7) is 6.17. The summed E-state index contributed by atoms with van der Waals surface area (Å²) in [5.41, 5.74) is 3.50. The third kappa shape index (κ3) is 6.57. The molecule has 0 spiro atoms. The molecule has 33 heavy (non-hydrogen) atoms. The summed E-state index contributed by atoms with van der Waals surface area (Å²) in [5, 5.41) is 6.60. The van der Waals surface area contributed by atoms with Gasteiger partial charge in [-0.15, -0.1) is 11.3 Å². The Kier molecular flexibility index (Phi) is 7.65. The molecule has 0 atom stereocenters. The predicted molar refractivity (Wildman–Crippen MR) is 136 cm³/mol. The number of aryl methyl sites for hydroxylation is 1. The summed E-state index contributed by atoms with van der Waals surface area (Å²) in [6.07, 6.45) is 3.30. The van der Waals surface area contributed by atoms with Gasteiger partial charge in [0.25, 0.3) is 0 Å². The molecule has 1 saturated heterocycles. The van der Waals surface area contributed by atoms with Crippen molar-refractivity contribution in [1.29, 1.82) is 0 Å². The van der Waals surface area contributed by atoms with E-state index in [0.29, 0.717) is 11.6 Å². The third-order valence-corrected chi connectivity index (χ3v) is 6.46. The number of hydrogen-bond donors (Lipinski definition) is 1. The van der Waals surface area contributed by atoms with Gasteiger partial charge in [0.05, 0.1) is 22.1 Å². The number of anilines is 2. The highest BCUT2D eigenvalue weighted by atomic mass is 35.5. The number of hydrogen-bond acceptors (Lipinski definition) is 6.